The van der Waals surface area contributed by atoms with Crippen molar-refractivity contribution in [3.8, 4) is 0 Å². The van der Waals surface area contributed by atoms with E-state index in [4.69, 9.17) is 0 Å². The summed E-state index contributed by atoms with van der Waals surface area (Å²) >= 11 is 0. The van der Waals surface area contributed by atoms with Gasteiger partial charge >= 0.3 is 0 Å². The Morgan fingerprint density at radius 3 is 2.29 bits per heavy atom. The first-order valence-electron chi connectivity index (χ1n) is 3.84. The number of hydrogen-bond acceptors (Lipinski definition) is 4. The van der Waals surface area contributed by atoms with E-state index in [-0.39, 0.29) is 11.3 Å². The molecule has 0 bridgehead atoms. The molecule has 14 heavy (non-hydrogen) atoms. The zero-order valence-electron chi connectivity index (χ0n) is 7.12. The number of benzene rings is 1. The van der Waals surface area contributed by atoms with Crippen molar-refractivity contribution < 1.29 is 14.5 Å². The molecule has 1 rings (SSSR count). The van der Waals surface area contributed by atoms with Crippen molar-refractivity contribution in [3.63, 3.8) is 0 Å². The minimum Gasteiger partial charge on any atom is -0.302 e. The summed E-state index contributed by atoms with van der Waals surface area (Å²) in [7, 11) is 0. The van der Waals surface area contributed by atoms with Crippen LogP contribution in [-0.2, 0) is 9.59 Å². The maximum absolute atomic E-state index is 10.5. The van der Waals surface area contributed by atoms with Crippen molar-refractivity contribution in [2.75, 3.05) is 0 Å². The average molecular weight is 193 g/mol. The number of carbonyl (C=O) groups excluding carboxylic acids is 2. The molecule has 0 atom stereocenters. The predicted octanol–water partition coefficient (Wildman–Crippen LogP) is 1.08. The maximum Gasteiger partial charge on any atom is 0.273 e. The molecule has 0 fully saturated rings. The molecule has 0 saturated carbocycles. The van der Waals surface area contributed by atoms with E-state index in [0.29, 0.717) is 12.6 Å². The molecule has 1 aromatic carbocycles. The molecule has 0 aliphatic heterocycles. The van der Waals surface area contributed by atoms with E-state index in [9.17, 15) is 19.7 Å². The lowest BCUT2D eigenvalue weighted by Gasteiger charge is -2.02. The molecule has 0 amide bonds. The fraction of sp³-hybridized carbons (Fsp3) is 0.111. The van der Waals surface area contributed by atoms with Gasteiger partial charge in [0.15, 0.2) is 0 Å². The van der Waals surface area contributed by atoms with Crippen LogP contribution in [0.25, 0.3) is 0 Å². The lowest BCUT2D eigenvalue weighted by molar-refractivity contribution is -0.385. The van der Waals surface area contributed by atoms with Gasteiger partial charge in [0, 0.05) is 11.6 Å². The summed E-state index contributed by atoms with van der Waals surface area (Å²) in [5, 5.41) is 10.5. The molecule has 0 aliphatic carbocycles. The van der Waals surface area contributed by atoms with Gasteiger partial charge in [0.05, 0.1) is 4.92 Å². The topological polar surface area (TPSA) is 77.3 Å². The van der Waals surface area contributed by atoms with Crippen molar-refractivity contribution in [2.45, 2.75) is 5.92 Å². The van der Waals surface area contributed by atoms with Gasteiger partial charge in [-0.1, -0.05) is 18.2 Å². The van der Waals surface area contributed by atoms with Crippen LogP contribution in [0.15, 0.2) is 24.3 Å². The Labute approximate surface area is 79.5 Å². The zero-order valence-corrected chi connectivity index (χ0v) is 7.12. The summed E-state index contributed by atoms with van der Waals surface area (Å²) in [4.78, 5) is 30.8. The van der Waals surface area contributed by atoms with E-state index in [1.54, 1.807) is 6.07 Å². The number of nitro benzene ring substituents is 1. The minimum absolute atomic E-state index is 0.127. The van der Waals surface area contributed by atoms with Crippen LogP contribution in [-0.4, -0.2) is 17.5 Å². The Morgan fingerprint density at radius 1 is 1.21 bits per heavy atom. The van der Waals surface area contributed by atoms with E-state index in [0.717, 1.165) is 0 Å². The first-order chi connectivity index (χ1) is 6.70. The molecule has 0 saturated heterocycles. The van der Waals surface area contributed by atoms with Crippen molar-refractivity contribution in [2.24, 2.45) is 0 Å². The van der Waals surface area contributed by atoms with E-state index in [2.05, 4.69) is 0 Å². The molecular formula is C9H7NO4. The maximum atomic E-state index is 10.5. The zero-order chi connectivity index (χ0) is 10.6. The molecule has 0 radical (unpaired) electrons. The average Bonchev–Trinajstić information content (AvgIpc) is 2.20. The van der Waals surface area contributed by atoms with Crippen molar-refractivity contribution >= 4 is 18.3 Å². The Hall–Kier alpha value is -2.04. The highest BCUT2D eigenvalue weighted by atomic mass is 16.6. The molecule has 1 aromatic rings. The SMILES string of the molecule is O=CC(C=O)c1ccccc1[N+](=O)[O-]. The summed E-state index contributed by atoms with van der Waals surface area (Å²) in [5.74, 6) is -1.06. The van der Waals surface area contributed by atoms with Crippen LogP contribution in [0.4, 0.5) is 5.69 Å². The molecule has 0 spiro atoms. The quantitative estimate of drug-likeness (QED) is 0.310. The molecule has 5 heteroatoms. The summed E-state index contributed by atoms with van der Waals surface area (Å²) in [5.41, 5.74) is -0.0841. The number of rotatable bonds is 4. The fourth-order valence-corrected chi connectivity index (χ4v) is 1.11. The number of para-hydroxylation sites is 1. The van der Waals surface area contributed by atoms with Gasteiger partial charge < -0.3 is 9.59 Å². The number of carbonyl (C=O) groups is 2. The van der Waals surface area contributed by atoms with Crippen molar-refractivity contribution in [3.05, 3.63) is 39.9 Å². The molecule has 72 valence electrons. The third kappa shape index (κ3) is 1.82. The van der Waals surface area contributed by atoms with Gasteiger partial charge in [0.1, 0.15) is 18.5 Å². The van der Waals surface area contributed by atoms with Gasteiger partial charge in [-0.25, -0.2) is 0 Å². The van der Waals surface area contributed by atoms with Crippen LogP contribution < -0.4 is 0 Å². The fourth-order valence-electron chi connectivity index (χ4n) is 1.11. The van der Waals surface area contributed by atoms with Crippen LogP contribution in [0.1, 0.15) is 11.5 Å². The monoisotopic (exact) mass is 193 g/mol. The molecule has 0 unspecified atom stereocenters. The number of nitro groups is 1. The lowest BCUT2D eigenvalue weighted by atomic mass is 10.0. The number of hydrogen-bond donors (Lipinski definition) is 0. The van der Waals surface area contributed by atoms with Crippen LogP contribution in [0.2, 0.25) is 0 Å². The highest BCUT2D eigenvalue weighted by Gasteiger charge is 2.20. The Bertz CT molecular complexity index is 367. The van der Waals surface area contributed by atoms with Crippen LogP contribution in [0.3, 0.4) is 0 Å². The summed E-state index contributed by atoms with van der Waals surface area (Å²) in [6.07, 6.45) is 0.769. The highest BCUT2D eigenvalue weighted by molar-refractivity contribution is 5.86. The molecular weight excluding hydrogens is 186 g/mol. The third-order valence-electron chi connectivity index (χ3n) is 1.79. The van der Waals surface area contributed by atoms with E-state index in [1.807, 2.05) is 0 Å². The molecule has 0 heterocycles. The van der Waals surface area contributed by atoms with Gasteiger partial charge in [-0.3, -0.25) is 10.1 Å². The molecule has 0 aromatic heterocycles. The van der Waals surface area contributed by atoms with E-state index < -0.39 is 10.8 Å². The second-order valence-electron chi connectivity index (χ2n) is 2.61. The Balaban J connectivity index is 3.24. The predicted molar refractivity (Wildman–Crippen MR) is 48.0 cm³/mol. The highest BCUT2D eigenvalue weighted by Crippen LogP contribution is 2.23. The second kappa shape index (κ2) is 4.27. The van der Waals surface area contributed by atoms with Gasteiger partial charge in [0.25, 0.3) is 5.69 Å². The van der Waals surface area contributed by atoms with Crippen LogP contribution in [0, 0.1) is 10.1 Å². The van der Waals surface area contributed by atoms with Gasteiger partial charge in [-0.2, -0.15) is 0 Å². The van der Waals surface area contributed by atoms with E-state index >= 15 is 0 Å². The third-order valence-corrected chi connectivity index (χ3v) is 1.79. The molecule has 0 N–H and O–H groups in total. The summed E-state index contributed by atoms with van der Waals surface area (Å²) in [6, 6.07) is 5.68. The largest absolute Gasteiger partial charge is 0.302 e. The minimum atomic E-state index is -1.06. The second-order valence-corrected chi connectivity index (χ2v) is 2.61. The van der Waals surface area contributed by atoms with E-state index in [1.165, 1.54) is 18.2 Å². The van der Waals surface area contributed by atoms with Crippen molar-refractivity contribution in [1.29, 1.82) is 0 Å². The van der Waals surface area contributed by atoms with Gasteiger partial charge in [-0.05, 0) is 0 Å². The molecule has 0 aliphatic rings. The Kier molecular flexibility index (Phi) is 3.06. The Morgan fingerprint density at radius 2 is 1.79 bits per heavy atom. The lowest BCUT2D eigenvalue weighted by Crippen LogP contribution is -2.05. The van der Waals surface area contributed by atoms with Gasteiger partial charge in [0.2, 0.25) is 0 Å². The normalized spacial score (nSPS) is 9.79. The number of nitrogens with zero attached hydrogens (tertiary/aromatic N) is 1. The molecule has 5 nitrogen and oxygen atoms in total. The first-order valence-corrected chi connectivity index (χ1v) is 3.84. The van der Waals surface area contributed by atoms with Gasteiger partial charge in [-0.15, -0.1) is 0 Å². The summed E-state index contributed by atoms with van der Waals surface area (Å²) in [6.45, 7) is 0. The van der Waals surface area contributed by atoms with Crippen LogP contribution >= 0.6 is 0 Å². The summed E-state index contributed by atoms with van der Waals surface area (Å²) < 4.78 is 0. The number of aldehydes is 2. The standard InChI is InChI=1S/C9H7NO4/c11-5-7(6-12)8-3-1-2-4-9(8)10(13)14/h1-7H. The first kappa shape index (κ1) is 10.0. The van der Waals surface area contributed by atoms with Crippen LogP contribution in [0.5, 0.6) is 0 Å². The smallest absolute Gasteiger partial charge is 0.273 e. The van der Waals surface area contributed by atoms with Crippen molar-refractivity contribution in [1.82, 2.24) is 0 Å².